The first-order valence-corrected chi connectivity index (χ1v) is 8.88. The van der Waals surface area contributed by atoms with E-state index in [4.69, 9.17) is 9.47 Å². The number of likely N-dealkylation sites (tertiary alicyclic amines) is 1. The van der Waals surface area contributed by atoms with Gasteiger partial charge in [0, 0.05) is 32.4 Å². The summed E-state index contributed by atoms with van der Waals surface area (Å²) in [7, 11) is 1.65. The molecule has 22 heavy (non-hydrogen) atoms. The van der Waals surface area contributed by atoms with Crippen LogP contribution in [0.1, 0.15) is 44.9 Å². The maximum atomic E-state index is 12.4. The quantitative estimate of drug-likeness (QED) is 0.809. The summed E-state index contributed by atoms with van der Waals surface area (Å²) in [4.78, 5) is 15.0. The Hall–Kier alpha value is -0.650. The fourth-order valence-corrected chi connectivity index (χ4v) is 3.99. The van der Waals surface area contributed by atoms with Gasteiger partial charge in [0.25, 0.3) is 0 Å². The lowest BCUT2D eigenvalue weighted by Gasteiger charge is -2.48. The van der Waals surface area contributed by atoms with E-state index in [0.29, 0.717) is 5.92 Å². The van der Waals surface area contributed by atoms with Crippen molar-refractivity contribution in [2.24, 2.45) is 5.92 Å². The third-order valence-corrected chi connectivity index (χ3v) is 5.60. The minimum atomic E-state index is -0.252. The monoisotopic (exact) mass is 310 g/mol. The lowest BCUT2D eigenvalue weighted by Crippen LogP contribution is -2.60. The van der Waals surface area contributed by atoms with E-state index in [-0.39, 0.29) is 17.6 Å². The molecule has 0 spiro atoms. The second kappa shape index (κ2) is 7.28. The van der Waals surface area contributed by atoms with Crippen LogP contribution in [0.3, 0.4) is 0 Å². The number of hydrogen-bond donors (Lipinski definition) is 1. The second-order valence-corrected chi connectivity index (χ2v) is 7.10. The van der Waals surface area contributed by atoms with Crippen LogP contribution in [-0.2, 0) is 14.3 Å². The molecule has 3 rings (SSSR count). The predicted molar refractivity (Wildman–Crippen MR) is 84.7 cm³/mol. The fourth-order valence-electron chi connectivity index (χ4n) is 3.99. The summed E-state index contributed by atoms with van der Waals surface area (Å²) in [6, 6.07) is 0. The number of carbonyl (C=O) groups excluding carboxylic acids is 1. The smallest absolute Gasteiger partial charge is 0.249 e. The van der Waals surface area contributed by atoms with Crippen LogP contribution in [0.25, 0.3) is 0 Å². The van der Waals surface area contributed by atoms with Crippen LogP contribution in [0, 0.1) is 5.92 Å². The molecule has 0 unspecified atom stereocenters. The Morgan fingerprint density at radius 1 is 1.27 bits per heavy atom. The molecule has 1 atom stereocenters. The average molecular weight is 310 g/mol. The molecule has 0 bridgehead atoms. The summed E-state index contributed by atoms with van der Waals surface area (Å²) in [6.07, 6.45) is 7.93. The van der Waals surface area contributed by atoms with E-state index >= 15 is 0 Å². The van der Waals surface area contributed by atoms with Gasteiger partial charge >= 0.3 is 0 Å². The van der Waals surface area contributed by atoms with Gasteiger partial charge in [0.15, 0.2) is 0 Å². The van der Waals surface area contributed by atoms with Crippen LogP contribution in [0.15, 0.2) is 0 Å². The number of nitrogens with zero attached hydrogens (tertiary/aromatic N) is 1. The van der Waals surface area contributed by atoms with Gasteiger partial charge in [0.1, 0.15) is 6.10 Å². The molecule has 3 aliphatic rings. The lowest BCUT2D eigenvalue weighted by molar-refractivity contribution is -0.133. The SMILES string of the molecule is CO[C@@H](C(=O)NCC1(N2CCCCC2)CCOCC1)C1CC1. The van der Waals surface area contributed by atoms with Gasteiger partial charge in [-0.2, -0.15) is 0 Å². The number of carbonyl (C=O) groups is 1. The third-order valence-electron chi connectivity index (χ3n) is 5.60. The maximum absolute atomic E-state index is 12.4. The summed E-state index contributed by atoms with van der Waals surface area (Å²) in [5, 5.41) is 3.20. The zero-order chi connectivity index (χ0) is 15.4. The van der Waals surface area contributed by atoms with E-state index in [1.54, 1.807) is 7.11 Å². The largest absolute Gasteiger partial charge is 0.381 e. The van der Waals surface area contributed by atoms with Crippen molar-refractivity contribution in [2.75, 3.05) is 40.0 Å². The summed E-state index contributed by atoms with van der Waals surface area (Å²) >= 11 is 0. The van der Waals surface area contributed by atoms with Gasteiger partial charge in [-0.1, -0.05) is 6.42 Å². The highest BCUT2D eigenvalue weighted by Gasteiger charge is 2.41. The molecule has 2 saturated heterocycles. The van der Waals surface area contributed by atoms with Gasteiger partial charge in [-0.3, -0.25) is 9.69 Å². The molecule has 0 aromatic rings. The van der Waals surface area contributed by atoms with E-state index in [9.17, 15) is 4.79 Å². The normalized spacial score (nSPS) is 27.3. The number of rotatable bonds is 6. The molecule has 2 heterocycles. The van der Waals surface area contributed by atoms with Crippen molar-refractivity contribution in [2.45, 2.75) is 56.6 Å². The molecular weight excluding hydrogens is 280 g/mol. The van der Waals surface area contributed by atoms with Crippen LogP contribution in [0.5, 0.6) is 0 Å². The van der Waals surface area contributed by atoms with E-state index in [1.807, 2.05) is 0 Å². The van der Waals surface area contributed by atoms with Crippen molar-refractivity contribution in [3.8, 4) is 0 Å². The topological polar surface area (TPSA) is 50.8 Å². The molecule has 2 aliphatic heterocycles. The first-order chi connectivity index (χ1) is 10.7. The highest BCUT2D eigenvalue weighted by atomic mass is 16.5. The molecule has 5 nitrogen and oxygen atoms in total. The Morgan fingerprint density at radius 2 is 1.95 bits per heavy atom. The Balaban J connectivity index is 1.60. The van der Waals surface area contributed by atoms with Crippen LogP contribution < -0.4 is 5.32 Å². The molecule has 126 valence electrons. The molecule has 3 fully saturated rings. The maximum Gasteiger partial charge on any atom is 0.249 e. The van der Waals surface area contributed by atoms with Crippen molar-refractivity contribution >= 4 is 5.91 Å². The minimum Gasteiger partial charge on any atom is -0.381 e. The standard InChI is InChI=1S/C17H30N2O3/c1-21-15(14-5-6-14)16(20)18-13-17(7-11-22-12-8-17)19-9-3-2-4-10-19/h14-15H,2-13H2,1H3,(H,18,20)/t15-/m1/s1. The molecule has 1 N–H and O–H groups in total. The van der Waals surface area contributed by atoms with Crippen molar-refractivity contribution < 1.29 is 14.3 Å². The number of ether oxygens (including phenoxy) is 2. The van der Waals surface area contributed by atoms with Crippen LogP contribution in [-0.4, -0.2) is 62.4 Å². The number of piperidine rings is 1. The van der Waals surface area contributed by atoms with Gasteiger partial charge in [0.2, 0.25) is 5.91 Å². The zero-order valence-corrected chi connectivity index (χ0v) is 13.8. The zero-order valence-electron chi connectivity index (χ0n) is 13.8. The Bertz CT molecular complexity index is 372. The van der Waals surface area contributed by atoms with Gasteiger partial charge < -0.3 is 14.8 Å². The molecule has 1 saturated carbocycles. The fraction of sp³-hybridized carbons (Fsp3) is 0.941. The lowest BCUT2D eigenvalue weighted by atomic mass is 9.86. The third kappa shape index (κ3) is 3.63. The highest BCUT2D eigenvalue weighted by molar-refractivity contribution is 5.81. The molecule has 0 radical (unpaired) electrons. The Morgan fingerprint density at radius 3 is 2.55 bits per heavy atom. The molecule has 5 heteroatoms. The number of nitrogens with one attached hydrogen (secondary N) is 1. The van der Waals surface area contributed by atoms with Crippen molar-refractivity contribution in [3.63, 3.8) is 0 Å². The van der Waals surface area contributed by atoms with Crippen LogP contribution in [0.4, 0.5) is 0 Å². The Labute approximate surface area is 133 Å². The molecule has 1 amide bonds. The highest BCUT2D eigenvalue weighted by Crippen LogP contribution is 2.34. The molecule has 0 aromatic heterocycles. The van der Waals surface area contributed by atoms with Gasteiger partial charge in [-0.05, 0) is 57.5 Å². The minimum absolute atomic E-state index is 0.0767. The van der Waals surface area contributed by atoms with Gasteiger partial charge in [-0.25, -0.2) is 0 Å². The van der Waals surface area contributed by atoms with Crippen molar-refractivity contribution in [1.29, 1.82) is 0 Å². The summed E-state index contributed by atoms with van der Waals surface area (Å²) < 4.78 is 11.0. The molecule has 1 aliphatic carbocycles. The predicted octanol–water partition coefficient (Wildman–Crippen LogP) is 1.56. The summed E-state index contributed by atoms with van der Waals surface area (Å²) in [5.41, 5.74) is 0.0934. The van der Waals surface area contributed by atoms with Crippen LogP contribution in [0.2, 0.25) is 0 Å². The molecule has 0 aromatic carbocycles. The first-order valence-electron chi connectivity index (χ1n) is 8.88. The van der Waals surface area contributed by atoms with E-state index in [0.717, 1.165) is 58.5 Å². The van der Waals surface area contributed by atoms with Crippen molar-refractivity contribution in [3.05, 3.63) is 0 Å². The number of methoxy groups -OCH3 is 1. The first kappa shape index (κ1) is 16.2. The van der Waals surface area contributed by atoms with E-state index in [2.05, 4.69) is 10.2 Å². The Kier molecular flexibility index (Phi) is 5.37. The number of amides is 1. The van der Waals surface area contributed by atoms with Gasteiger partial charge in [0.05, 0.1) is 0 Å². The van der Waals surface area contributed by atoms with Crippen LogP contribution >= 0.6 is 0 Å². The van der Waals surface area contributed by atoms with Gasteiger partial charge in [-0.15, -0.1) is 0 Å². The van der Waals surface area contributed by atoms with Crippen molar-refractivity contribution in [1.82, 2.24) is 10.2 Å². The summed E-state index contributed by atoms with van der Waals surface area (Å²) in [5.74, 6) is 0.513. The summed E-state index contributed by atoms with van der Waals surface area (Å²) in [6.45, 7) is 4.67. The second-order valence-electron chi connectivity index (χ2n) is 7.10. The number of hydrogen-bond acceptors (Lipinski definition) is 4. The van der Waals surface area contributed by atoms with E-state index in [1.165, 1.54) is 19.3 Å². The molecular formula is C17H30N2O3. The average Bonchev–Trinajstić information content (AvgIpc) is 3.40. The van der Waals surface area contributed by atoms with E-state index < -0.39 is 0 Å².